The van der Waals surface area contributed by atoms with Crippen molar-refractivity contribution in [1.82, 2.24) is 10.3 Å². The molecule has 3 heterocycles. The molecule has 0 aromatic carbocycles. The normalized spacial score (nSPS) is 25.1. The maximum Gasteiger partial charge on any atom is 0.347 e. The van der Waals surface area contributed by atoms with E-state index < -0.39 is 59.0 Å². The summed E-state index contributed by atoms with van der Waals surface area (Å²) in [6.45, 7) is 49.8. The molecule has 17 nitrogen and oxygen atoms in total. The van der Waals surface area contributed by atoms with Gasteiger partial charge < -0.3 is 44.0 Å². The molecule has 17 heteroatoms. The van der Waals surface area contributed by atoms with Crippen LogP contribution in [-0.4, -0.2) is 97.2 Å². The SMILES string of the molecule is C=C(C)C(=O)OCC1CC(C(C)(C)C)C(OC(=O)c2c(NC(=O)C(C)(C)C)[nH]c(C=C3N=C(NC(=O)C(C)(C)C)C(C(=O)OC4C(C(C)(C)C)CC(COCC(=O)OC5CCOC5=O)CC4C(C)(C)C)=C3C(C)C)c2C(C)C)C(C(C)(C)C)C1. The van der Waals surface area contributed by atoms with Crippen LogP contribution in [0.3, 0.4) is 0 Å². The van der Waals surface area contributed by atoms with Crippen LogP contribution in [0.2, 0.25) is 0 Å². The molecule has 0 bridgehead atoms. The van der Waals surface area contributed by atoms with Gasteiger partial charge in [0.15, 0.2) is 0 Å². The number of rotatable bonds is 16. The van der Waals surface area contributed by atoms with Gasteiger partial charge in [-0.05, 0) is 95.2 Å². The Morgan fingerprint density at radius 3 is 1.55 bits per heavy atom. The fraction of sp³-hybridized carbons (Fsp3) is 0.731. The molecule has 1 saturated heterocycles. The number of anilines is 1. The molecule has 0 radical (unpaired) electrons. The van der Waals surface area contributed by atoms with E-state index in [9.17, 15) is 24.0 Å². The summed E-state index contributed by atoms with van der Waals surface area (Å²) in [7, 11) is 0. The van der Waals surface area contributed by atoms with Crippen LogP contribution in [0, 0.1) is 73.9 Å². The van der Waals surface area contributed by atoms with Gasteiger partial charge in [0.05, 0.1) is 25.5 Å². The second-order valence-electron chi connectivity index (χ2n) is 31.3. The van der Waals surface area contributed by atoms with Gasteiger partial charge in [0, 0.05) is 52.2 Å². The van der Waals surface area contributed by atoms with Gasteiger partial charge in [-0.3, -0.25) is 9.59 Å². The minimum absolute atomic E-state index is 0.00400. The molecule has 3 N–H and O–H groups in total. The second-order valence-corrected chi connectivity index (χ2v) is 31.3. The van der Waals surface area contributed by atoms with Crippen LogP contribution >= 0.6 is 0 Å². The number of carbonyl (C=O) groups is 7. The molecular weight excluding hydrogens is 1070 g/mol. The van der Waals surface area contributed by atoms with Crippen LogP contribution in [0.1, 0.15) is 219 Å². The molecule has 2 aliphatic heterocycles. The lowest BCUT2D eigenvalue weighted by atomic mass is 9.58. The molecule has 2 saturated carbocycles. The van der Waals surface area contributed by atoms with Gasteiger partial charge >= 0.3 is 29.8 Å². The molecule has 2 aliphatic carbocycles. The first kappa shape index (κ1) is 69.2. The van der Waals surface area contributed by atoms with Crippen molar-refractivity contribution < 1.29 is 62.0 Å². The third kappa shape index (κ3) is 17.1. The zero-order chi connectivity index (χ0) is 63.7. The third-order valence-corrected chi connectivity index (χ3v) is 17.2. The Morgan fingerprint density at radius 1 is 0.667 bits per heavy atom. The van der Waals surface area contributed by atoms with E-state index in [2.05, 4.69) is 105 Å². The van der Waals surface area contributed by atoms with Crippen molar-refractivity contribution in [2.45, 2.75) is 216 Å². The summed E-state index contributed by atoms with van der Waals surface area (Å²) < 4.78 is 35.8. The van der Waals surface area contributed by atoms with Crippen LogP contribution in [-0.2, 0) is 57.2 Å². The first-order valence-electron chi connectivity index (χ1n) is 30.4. The van der Waals surface area contributed by atoms with E-state index in [1.807, 2.05) is 27.7 Å². The summed E-state index contributed by atoms with van der Waals surface area (Å²) in [6.07, 6.45) is 2.51. The van der Waals surface area contributed by atoms with Crippen molar-refractivity contribution in [1.29, 1.82) is 0 Å². The fourth-order valence-corrected chi connectivity index (χ4v) is 12.2. The Labute approximate surface area is 501 Å². The Bertz CT molecular complexity index is 2700. The number of H-pyrrole nitrogens is 1. The first-order valence-corrected chi connectivity index (χ1v) is 30.4. The molecule has 470 valence electrons. The third-order valence-electron chi connectivity index (χ3n) is 17.2. The molecule has 84 heavy (non-hydrogen) atoms. The Morgan fingerprint density at radius 2 is 1.13 bits per heavy atom. The molecule has 5 rings (SSSR count). The molecule has 5 atom stereocenters. The highest BCUT2D eigenvalue weighted by Crippen LogP contribution is 2.52. The predicted molar refractivity (Wildman–Crippen MR) is 326 cm³/mol. The van der Waals surface area contributed by atoms with Crippen LogP contribution in [0.5, 0.6) is 0 Å². The number of ether oxygens (including phenoxy) is 6. The molecule has 1 aromatic rings. The molecule has 4 aliphatic rings. The van der Waals surface area contributed by atoms with Gasteiger partial charge in [0.2, 0.25) is 17.9 Å². The number of nitrogens with zero attached hydrogens (tertiary/aromatic N) is 1. The van der Waals surface area contributed by atoms with E-state index >= 15 is 9.59 Å². The number of hydrogen-bond acceptors (Lipinski definition) is 14. The van der Waals surface area contributed by atoms with Crippen molar-refractivity contribution >= 4 is 59.4 Å². The number of amidine groups is 1. The monoisotopic (exact) mass is 1170 g/mol. The van der Waals surface area contributed by atoms with E-state index in [1.54, 1.807) is 54.5 Å². The lowest BCUT2D eigenvalue weighted by Gasteiger charge is -2.50. The van der Waals surface area contributed by atoms with E-state index in [-0.39, 0.29) is 130 Å². The smallest absolute Gasteiger partial charge is 0.347 e. The minimum atomic E-state index is -0.928. The van der Waals surface area contributed by atoms with Gasteiger partial charge in [0.1, 0.15) is 41.6 Å². The van der Waals surface area contributed by atoms with Crippen LogP contribution in [0.25, 0.3) is 6.08 Å². The number of carbonyl (C=O) groups excluding carboxylic acids is 7. The van der Waals surface area contributed by atoms with Crippen LogP contribution < -0.4 is 10.6 Å². The molecule has 1 aromatic heterocycles. The number of allylic oxidation sites excluding steroid dienone is 1. The van der Waals surface area contributed by atoms with Crippen molar-refractivity contribution in [3.05, 3.63) is 45.8 Å². The van der Waals surface area contributed by atoms with Crippen molar-refractivity contribution in [3.63, 3.8) is 0 Å². The molecule has 0 spiro atoms. The predicted octanol–water partition coefficient (Wildman–Crippen LogP) is 12.9. The lowest BCUT2D eigenvalue weighted by Crippen LogP contribution is -2.51. The van der Waals surface area contributed by atoms with Gasteiger partial charge in [-0.1, -0.05) is 159 Å². The fourth-order valence-electron chi connectivity index (χ4n) is 12.2. The van der Waals surface area contributed by atoms with E-state index in [0.29, 0.717) is 60.2 Å². The zero-order valence-corrected chi connectivity index (χ0v) is 55.3. The van der Waals surface area contributed by atoms with Crippen LogP contribution in [0.15, 0.2) is 34.0 Å². The van der Waals surface area contributed by atoms with Gasteiger partial charge in [0.25, 0.3) is 0 Å². The van der Waals surface area contributed by atoms with Gasteiger partial charge in [-0.15, -0.1) is 0 Å². The summed E-state index contributed by atoms with van der Waals surface area (Å²) in [4.78, 5) is 105. The van der Waals surface area contributed by atoms with Crippen molar-refractivity contribution in [2.75, 3.05) is 31.7 Å². The largest absolute Gasteiger partial charge is 0.463 e. The number of amides is 2. The quantitative estimate of drug-likeness (QED) is 0.0796. The Kier molecular flexibility index (Phi) is 21.6. The highest BCUT2D eigenvalue weighted by atomic mass is 16.6. The van der Waals surface area contributed by atoms with Crippen LogP contribution in [0.4, 0.5) is 5.82 Å². The number of esters is 5. The Balaban J connectivity index is 1.64. The standard InChI is InChI=1S/C67H104N4O13/c1-35(2)48-44(31-45-49(36(3)4)51(55(69-45)71-61(78)67(22,23)24)59(76)84-53-42(64(13,14)15)29-39(30-43(53)65(16,17)18)33-81-56(73)37(5)6)68-54(70-60(77)66(19,20)21)50(48)58(75)83-52-40(62(7,8)9)27-38(28-41(52)63(10,11)12)32-79-34-47(72)82-46-25-26-80-57(46)74/h31,35-36,38-43,46,52-53,69H,5,25-30,32-34H2,1-4,6-24H3,(H,71,78)(H,68,70,77). The Hall–Kier alpha value is -5.58. The molecule has 5 unspecified atom stereocenters. The number of aromatic nitrogens is 1. The molecule has 2 amide bonds. The van der Waals surface area contributed by atoms with Crippen molar-refractivity contribution in [2.24, 2.45) is 78.9 Å². The number of cyclic esters (lactones) is 1. The number of hydrogen-bond donors (Lipinski definition) is 3. The van der Waals surface area contributed by atoms with Crippen molar-refractivity contribution in [3.8, 4) is 0 Å². The number of aromatic amines is 1. The van der Waals surface area contributed by atoms with Gasteiger partial charge in [-0.25, -0.2) is 29.0 Å². The topological polar surface area (TPSA) is 227 Å². The van der Waals surface area contributed by atoms with E-state index in [0.717, 1.165) is 0 Å². The summed E-state index contributed by atoms with van der Waals surface area (Å²) >= 11 is 0. The highest BCUT2D eigenvalue weighted by Gasteiger charge is 2.52. The second kappa shape index (κ2) is 26.2. The highest BCUT2D eigenvalue weighted by molar-refractivity contribution is 6.26. The average molecular weight is 1170 g/mol. The average Bonchev–Trinajstić information content (AvgIpc) is 2.37. The summed E-state index contributed by atoms with van der Waals surface area (Å²) in [5.74, 6) is -4.74. The summed E-state index contributed by atoms with van der Waals surface area (Å²) in [5.41, 5.74) is -0.671. The number of nitrogens with one attached hydrogen (secondary N) is 3. The molecular formula is C67H104N4O13. The summed E-state index contributed by atoms with van der Waals surface area (Å²) in [6, 6.07) is 0. The maximum atomic E-state index is 15.6. The maximum absolute atomic E-state index is 15.6. The molecule has 3 fully saturated rings. The number of aliphatic imine (C=N–C) groups is 1. The summed E-state index contributed by atoms with van der Waals surface area (Å²) in [5, 5.41) is 6.07. The lowest BCUT2D eigenvalue weighted by molar-refractivity contribution is -0.169. The zero-order valence-electron chi connectivity index (χ0n) is 55.3. The van der Waals surface area contributed by atoms with E-state index in [1.165, 1.54) is 0 Å². The first-order chi connectivity index (χ1) is 38.3. The minimum Gasteiger partial charge on any atom is -0.463 e. The van der Waals surface area contributed by atoms with Gasteiger partial charge in [-0.2, -0.15) is 0 Å². The van der Waals surface area contributed by atoms with E-state index in [4.69, 9.17) is 33.4 Å².